The molecule has 1 amide bonds. The first-order valence-electron chi connectivity index (χ1n) is 7.91. The van der Waals surface area contributed by atoms with E-state index in [0.717, 1.165) is 16.3 Å². The van der Waals surface area contributed by atoms with Crippen LogP contribution in [0.3, 0.4) is 0 Å². The van der Waals surface area contributed by atoms with E-state index in [4.69, 9.17) is 9.47 Å². The Morgan fingerprint density at radius 2 is 2.12 bits per heavy atom. The molecule has 24 heavy (non-hydrogen) atoms. The van der Waals surface area contributed by atoms with E-state index in [1.807, 2.05) is 25.1 Å². The molecule has 1 aromatic heterocycles. The van der Waals surface area contributed by atoms with Crippen LogP contribution in [0.4, 0.5) is 0 Å². The highest BCUT2D eigenvalue weighted by molar-refractivity contribution is 7.13. The number of amides is 1. The molecule has 1 atom stereocenters. The first kappa shape index (κ1) is 16.7. The van der Waals surface area contributed by atoms with Gasteiger partial charge >= 0.3 is 0 Å². The van der Waals surface area contributed by atoms with Crippen molar-refractivity contribution in [2.75, 3.05) is 26.3 Å². The summed E-state index contributed by atoms with van der Waals surface area (Å²) in [6.07, 6.45) is -0.565. The third-order valence-electron chi connectivity index (χ3n) is 3.67. The molecule has 3 rings (SSSR count). The van der Waals surface area contributed by atoms with Crippen molar-refractivity contribution in [3.05, 3.63) is 29.3 Å². The summed E-state index contributed by atoms with van der Waals surface area (Å²) in [7, 11) is 0. The lowest BCUT2D eigenvalue weighted by molar-refractivity contribution is 0.0655. The quantitative estimate of drug-likeness (QED) is 0.898. The molecule has 0 aliphatic carbocycles. The van der Waals surface area contributed by atoms with Crippen molar-refractivity contribution in [2.45, 2.75) is 20.0 Å². The molecule has 0 fully saturated rings. The molecular formula is C17H20N2O4S. The Kier molecular flexibility index (Phi) is 5.01. The fraction of sp³-hybridized carbons (Fsp3) is 0.412. The molecule has 1 aromatic carbocycles. The van der Waals surface area contributed by atoms with Crippen molar-refractivity contribution in [3.8, 4) is 22.1 Å². The number of likely N-dealkylation sites (N-methyl/N-ethyl adjacent to an activating group) is 1. The minimum absolute atomic E-state index is 0.168. The van der Waals surface area contributed by atoms with Crippen LogP contribution >= 0.6 is 11.3 Å². The molecular weight excluding hydrogens is 328 g/mol. The highest BCUT2D eigenvalue weighted by Crippen LogP contribution is 2.35. The van der Waals surface area contributed by atoms with Crippen LogP contribution in [0.2, 0.25) is 0 Å². The van der Waals surface area contributed by atoms with Gasteiger partial charge in [-0.25, -0.2) is 4.98 Å². The van der Waals surface area contributed by atoms with E-state index in [0.29, 0.717) is 37.7 Å². The highest BCUT2D eigenvalue weighted by Gasteiger charge is 2.20. The molecule has 0 spiro atoms. The smallest absolute Gasteiger partial charge is 0.273 e. The number of rotatable bonds is 5. The molecule has 0 unspecified atom stereocenters. The largest absolute Gasteiger partial charge is 0.486 e. The first-order chi connectivity index (χ1) is 11.6. The first-order valence-corrected chi connectivity index (χ1v) is 8.79. The van der Waals surface area contributed by atoms with Gasteiger partial charge in [-0.2, -0.15) is 0 Å². The van der Waals surface area contributed by atoms with Crippen LogP contribution in [0.1, 0.15) is 24.3 Å². The van der Waals surface area contributed by atoms with Crippen LogP contribution in [0.25, 0.3) is 10.6 Å². The highest BCUT2D eigenvalue weighted by atomic mass is 32.1. The number of aliphatic hydroxyl groups excluding tert-OH is 1. The Bertz CT molecular complexity index is 729. The van der Waals surface area contributed by atoms with Gasteiger partial charge in [0, 0.05) is 24.0 Å². The number of carbonyl (C=O) groups is 1. The Morgan fingerprint density at radius 3 is 2.83 bits per heavy atom. The number of hydrogen-bond donors (Lipinski definition) is 1. The molecule has 128 valence electrons. The van der Waals surface area contributed by atoms with Crippen molar-refractivity contribution in [1.29, 1.82) is 0 Å². The minimum Gasteiger partial charge on any atom is -0.486 e. The maximum atomic E-state index is 12.5. The van der Waals surface area contributed by atoms with Gasteiger partial charge < -0.3 is 19.5 Å². The summed E-state index contributed by atoms with van der Waals surface area (Å²) in [4.78, 5) is 18.5. The average Bonchev–Trinajstić information content (AvgIpc) is 3.08. The van der Waals surface area contributed by atoms with Crippen LogP contribution in [0, 0.1) is 0 Å². The van der Waals surface area contributed by atoms with Gasteiger partial charge in [0.15, 0.2) is 11.5 Å². The fourth-order valence-corrected chi connectivity index (χ4v) is 3.31. The molecule has 1 N–H and O–H groups in total. The second kappa shape index (κ2) is 7.19. The van der Waals surface area contributed by atoms with Crippen molar-refractivity contribution in [3.63, 3.8) is 0 Å². The number of aliphatic hydroxyl groups is 1. The van der Waals surface area contributed by atoms with Gasteiger partial charge in [-0.3, -0.25) is 4.79 Å². The Morgan fingerprint density at radius 1 is 1.38 bits per heavy atom. The van der Waals surface area contributed by atoms with Crippen LogP contribution in [0.15, 0.2) is 23.6 Å². The third-order valence-corrected chi connectivity index (χ3v) is 4.56. The number of benzene rings is 1. The van der Waals surface area contributed by atoms with E-state index < -0.39 is 6.10 Å². The van der Waals surface area contributed by atoms with Crippen molar-refractivity contribution in [1.82, 2.24) is 9.88 Å². The van der Waals surface area contributed by atoms with E-state index in [9.17, 15) is 9.90 Å². The maximum Gasteiger partial charge on any atom is 0.273 e. The van der Waals surface area contributed by atoms with Crippen molar-refractivity contribution < 1.29 is 19.4 Å². The number of carbonyl (C=O) groups excluding carboxylic acids is 1. The van der Waals surface area contributed by atoms with E-state index in [1.54, 1.807) is 17.2 Å². The monoisotopic (exact) mass is 348 g/mol. The summed E-state index contributed by atoms with van der Waals surface area (Å²) in [5.74, 6) is 1.26. The lowest BCUT2D eigenvalue weighted by Gasteiger charge is -2.21. The number of hydrogen-bond acceptors (Lipinski definition) is 6. The average molecular weight is 348 g/mol. The maximum absolute atomic E-state index is 12.5. The Hall–Kier alpha value is -2.12. The van der Waals surface area contributed by atoms with Crippen LogP contribution in [-0.4, -0.2) is 53.3 Å². The lowest BCUT2D eigenvalue weighted by atomic mass is 10.2. The Labute approximate surface area is 144 Å². The van der Waals surface area contributed by atoms with Gasteiger partial charge in [0.05, 0.1) is 6.10 Å². The molecule has 2 heterocycles. The summed E-state index contributed by atoms with van der Waals surface area (Å²) in [5, 5.41) is 12.0. The number of aromatic nitrogens is 1. The molecule has 0 saturated heterocycles. The molecule has 6 nitrogen and oxygen atoms in total. The van der Waals surface area contributed by atoms with E-state index in [-0.39, 0.29) is 5.91 Å². The zero-order valence-electron chi connectivity index (χ0n) is 13.7. The topological polar surface area (TPSA) is 71.9 Å². The third kappa shape index (κ3) is 3.52. The second-order valence-electron chi connectivity index (χ2n) is 5.59. The number of nitrogens with zero attached hydrogens (tertiary/aromatic N) is 2. The van der Waals surface area contributed by atoms with Gasteiger partial charge in [-0.1, -0.05) is 0 Å². The zero-order chi connectivity index (χ0) is 17.1. The van der Waals surface area contributed by atoms with E-state index in [2.05, 4.69) is 4.98 Å². The molecule has 7 heteroatoms. The van der Waals surface area contributed by atoms with E-state index in [1.165, 1.54) is 11.3 Å². The summed E-state index contributed by atoms with van der Waals surface area (Å²) in [6, 6.07) is 5.65. The normalized spacial score (nSPS) is 14.3. The van der Waals surface area contributed by atoms with Gasteiger partial charge in [-0.15, -0.1) is 11.3 Å². The second-order valence-corrected chi connectivity index (χ2v) is 6.45. The van der Waals surface area contributed by atoms with Gasteiger partial charge in [0.1, 0.15) is 23.9 Å². The van der Waals surface area contributed by atoms with Crippen LogP contribution < -0.4 is 9.47 Å². The van der Waals surface area contributed by atoms with Crippen molar-refractivity contribution in [2.24, 2.45) is 0 Å². The summed E-state index contributed by atoms with van der Waals surface area (Å²) < 4.78 is 11.1. The standard InChI is InChI=1S/C17H20N2O4S/c1-3-19(9-11(2)20)17(21)13-10-24-16(18-13)12-4-5-14-15(8-12)23-7-6-22-14/h4-5,8,10-11,20H,3,6-7,9H2,1-2H3/t11-/m1/s1. The summed E-state index contributed by atoms with van der Waals surface area (Å²) >= 11 is 1.41. The van der Waals surface area contributed by atoms with Crippen molar-refractivity contribution >= 4 is 17.2 Å². The Balaban J connectivity index is 1.81. The molecule has 0 bridgehead atoms. The number of fused-ring (bicyclic) bond motifs is 1. The minimum atomic E-state index is -0.565. The van der Waals surface area contributed by atoms with Gasteiger partial charge in [0.2, 0.25) is 0 Å². The summed E-state index contributed by atoms with van der Waals surface area (Å²) in [6.45, 7) is 5.46. The number of thiazole rings is 1. The van der Waals surface area contributed by atoms with Gasteiger partial charge in [-0.05, 0) is 32.0 Å². The SMILES string of the molecule is CCN(C[C@@H](C)O)C(=O)c1csc(-c2ccc3c(c2)OCCO3)n1. The molecule has 0 radical (unpaired) electrons. The van der Waals surface area contributed by atoms with Crippen LogP contribution in [-0.2, 0) is 0 Å². The van der Waals surface area contributed by atoms with E-state index >= 15 is 0 Å². The summed E-state index contributed by atoms with van der Waals surface area (Å²) in [5.41, 5.74) is 1.29. The number of ether oxygens (including phenoxy) is 2. The van der Waals surface area contributed by atoms with Gasteiger partial charge in [0.25, 0.3) is 5.91 Å². The predicted molar refractivity (Wildman–Crippen MR) is 91.8 cm³/mol. The van der Waals surface area contributed by atoms with Crippen LogP contribution in [0.5, 0.6) is 11.5 Å². The fourth-order valence-electron chi connectivity index (χ4n) is 2.52. The molecule has 1 aliphatic heterocycles. The zero-order valence-corrected chi connectivity index (χ0v) is 14.5. The molecule has 1 aliphatic rings. The lowest BCUT2D eigenvalue weighted by Crippen LogP contribution is -2.36. The molecule has 2 aromatic rings. The predicted octanol–water partition coefficient (Wildman–Crippen LogP) is 2.42. The molecule has 0 saturated carbocycles.